The number of aromatic nitrogens is 3. The van der Waals surface area contributed by atoms with Crippen LogP contribution in [0.25, 0.3) is 66.2 Å². The van der Waals surface area contributed by atoms with Crippen LogP contribution in [0.4, 0.5) is 0 Å². The van der Waals surface area contributed by atoms with E-state index in [0.29, 0.717) is 5.95 Å². The second-order valence-corrected chi connectivity index (χ2v) is 11.2. The smallest absolute Gasteiger partial charge is 0.235 e. The van der Waals surface area contributed by atoms with Crippen molar-refractivity contribution in [2.45, 2.75) is 25.7 Å². The van der Waals surface area contributed by atoms with Gasteiger partial charge < -0.3 is 4.42 Å². The van der Waals surface area contributed by atoms with Crippen molar-refractivity contribution >= 4 is 60.2 Å². The summed E-state index contributed by atoms with van der Waals surface area (Å²) in [6.07, 6.45) is 15.5. The molecule has 4 nitrogen and oxygen atoms in total. The van der Waals surface area contributed by atoms with E-state index < -0.39 is 0 Å². The molecule has 0 amide bonds. The van der Waals surface area contributed by atoms with Gasteiger partial charge in [-0.25, -0.2) is 9.97 Å². The molecule has 2 aliphatic carbocycles. The summed E-state index contributed by atoms with van der Waals surface area (Å²) >= 11 is 0. The lowest BCUT2D eigenvalue weighted by Gasteiger charge is -2.19. The maximum absolute atomic E-state index is 6.56. The summed E-state index contributed by atoms with van der Waals surface area (Å²) in [5.41, 5.74) is 9.92. The van der Waals surface area contributed by atoms with E-state index in [2.05, 4.69) is 108 Å². The van der Waals surface area contributed by atoms with Crippen molar-refractivity contribution < 1.29 is 4.42 Å². The lowest BCUT2D eigenvalue weighted by atomic mass is 9.88. The summed E-state index contributed by atoms with van der Waals surface area (Å²) < 4.78 is 8.76. The first-order valence-electron chi connectivity index (χ1n) is 14.7. The predicted octanol–water partition coefficient (Wildman–Crippen LogP) is 10.0. The van der Waals surface area contributed by atoms with Gasteiger partial charge in [-0.05, 0) is 66.7 Å². The van der Waals surface area contributed by atoms with Crippen molar-refractivity contribution in [1.82, 2.24) is 14.5 Å². The highest BCUT2D eigenvalue weighted by Gasteiger charge is 2.22. The third-order valence-corrected chi connectivity index (χ3v) is 8.85. The maximum Gasteiger partial charge on any atom is 0.235 e. The van der Waals surface area contributed by atoms with Gasteiger partial charge in [0.2, 0.25) is 5.95 Å². The highest BCUT2D eigenvalue weighted by atomic mass is 16.3. The molecular formula is C38H27N3O. The fourth-order valence-corrected chi connectivity index (χ4v) is 6.82. The summed E-state index contributed by atoms with van der Waals surface area (Å²) in [7, 11) is 0. The Balaban J connectivity index is 1.33. The van der Waals surface area contributed by atoms with Crippen LogP contribution in [0, 0.1) is 0 Å². The van der Waals surface area contributed by atoms with Crippen LogP contribution < -0.4 is 0 Å². The predicted molar refractivity (Wildman–Crippen MR) is 173 cm³/mol. The molecule has 42 heavy (non-hydrogen) atoms. The molecule has 0 saturated heterocycles. The maximum atomic E-state index is 6.56. The van der Waals surface area contributed by atoms with Gasteiger partial charge in [0.05, 0.1) is 16.7 Å². The lowest BCUT2D eigenvalue weighted by molar-refractivity contribution is 0.671. The molecular weight excluding hydrogens is 514 g/mol. The topological polar surface area (TPSA) is 43.9 Å². The monoisotopic (exact) mass is 541 g/mol. The number of hydrogen-bond donors (Lipinski definition) is 0. The third-order valence-electron chi connectivity index (χ3n) is 8.85. The van der Waals surface area contributed by atoms with Crippen molar-refractivity contribution in [3.8, 4) is 5.95 Å². The molecule has 3 aromatic heterocycles. The number of fused-ring (bicyclic) bond motifs is 8. The molecule has 0 aliphatic heterocycles. The van der Waals surface area contributed by atoms with Gasteiger partial charge >= 0.3 is 0 Å². The van der Waals surface area contributed by atoms with E-state index in [9.17, 15) is 0 Å². The molecule has 0 atom stereocenters. The molecule has 7 aromatic rings. The zero-order chi connectivity index (χ0) is 27.6. The molecule has 9 rings (SSSR count). The Morgan fingerprint density at radius 2 is 1.33 bits per heavy atom. The van der Waals surface area contributed by atoms with E-state index in [1.54, 1.807) is 0 Å². The van der Waals surface area contributed by atoms with Gasteiger partial charge in [0, 0.05) is 26.9 Å². The van der Waals surface area contributed by atoms with Crippen LogP contribution in [0.5, 0.6) is 0 Å². The standard InChI is InChI=1S/C38H27N3O/c1-2-10-24(11-3-1)25-18-20-26(21-19-25)35-31-14-4-7-15-32(31)39-38(40-35)41-33-16-8-5-12-27(33)29-22-23-30-28-13-6-9-17-34(28)42-37(30)36(29)41/h1-2,4-10,12-18,20,22-23H,3,11,19,21H2. The van der Waals surface area contributed by atoms with Gasteiger partial charge in [-0.3, -0.25) is 4.57 Å². The molecule has 200 valence electrons. The van der Waals surface area contributed by atoms with Crippen molar-refractivity contribution in [3.63, 3.8) is 0 Å². The number of allylic oxidation sites excluding steroid dienone is 8. The van der Waals surface area contributed by atoms with Crippen molar-refractivity contribution in [1.29, 1.82) is 0 Å². The second-order valence-electron chi connectivity index (χ2n) is 11.2. The Kier molecular flexibility index (Phi) is 5.12. The van der Waals surface area contributed by atoms with Crippen LogP contribution in [0.3, 0.4) is 0 Å². The number of para-hydroxylation sites is 3. The van der Waals surface area contributed by atoms with Gasteiger partial charge in [-0.15, -0.1) is 0 Å². The van der Waals surface area contributed by atoms with Gasteiger partial charge in [0.1, 0.15) is 11.1 Å². The van der Waals surface area contributed by atoms with Crippen molar-refractivity contribution in [2.24, 2.45) is 0 Å². The van der Waals surface area contributed by atoms with Crippen LogP contribution in [-0.4, -0.2) is 14.5 Å². The molecule has 0 unspecified atom stereocenters. The third kappa shape index (κ3) is 3.48. The van der Waals surface area contributed by atoms with E-state index >= 15 is 0 Å². The van der Waals surface area contributed by atoms with Crippen LogP contribution in [-0.2, 0) is 0 Å². The summed E-state index contributed by atoms with van der Waals surface area (Å²) in [4.78, 5) is 10.5. The average molecular weight is 542 g/mol. The molecule has 0 radical (unpaired) electrons. The molecule has 0 bridgehead atoms. The molecule has 3 heterocycles. The van der Waals surface area contributed by atoms with E-state index in [0.717, 1.165) is 86.0 Å². The second kappa shape index (κ2) is 9.15. The Morgan fingerprint density at radius 1 is 0.595 bits per heavy atom. The van der Waals surface area contributed by atoms with E-state index in [4.69, 9.17) is 14.4 Å². The largest absolute Gasteiger partial charge is 0.454 e. The Labute approximate surface area is 242 Å². The fraction of sp³-hybridized carbons (Fsp3) is 0.105. The quantitative estimate of drug-likeness (QED) is 0.224. The summed E-state index contributed by atoms with van der Waals surface area (Å²) in [6, 6.07) is 29.5. The van der Waals surface area contributed by atoms with Crippen LogP contribution >= 0.6 is 0 Å². The van der Waals surface area contributed by atoms with E-state index in [1.807, 2.05) is 12.1 Å². The Bertz CT molecular complexity index is 2360. The number of benzene rings is 4. The first kappa shape index (κ1) is 23.5. The highest BCUT2D eigenvalue weighted by Crippen LogP contribution is 2.40. The molecule has 0 spiro atoms. The summed E-state index contributed by atoms with van der Waals surface area (Å²) in [6.45, 7) is 0. The van der Waals surface area contributed by atoms with Crippen LogP contribution in [0.1, 0.15) is 31.4 Å². The molecule has 4 heteroatoms. The summed E-state index contributed by atoms with van der Waals surface area (Å²) in [5, 5.41) is 5.59. The minimum absolute atomic E-state index is 0.665. The number of nitrogens with zero attached hydrogens (tertiary/aromatic N) is 3. The highest BCUT2D eigenvalue weighted by molar-refractivity contribution is 6.21. The van der Waals surface area contributed by atoms with Crippen LogP contribution in [0.2, 0.25) is 0 Å². The number of hydrogen-bond acceptors (Lipinski definition) is 3. The number of rotatable bonds is 3. The first-order chi connectivity index (χ1) is 20.8. The molecule has 0 saturated carbocycles. The van der Waals surface area contributed by atoms with Gasteiger partial charge in [-0.2, -0.15) is 0 Å². The molecule has 0 fully saturated rings. The Morgan fingerprint density at radius 3 is 2.19 bits per heavy atom. The SMILES string of the molecule is C1=CCCC(C2=CC=C(c3nc(-n4c5ccccc5c5ccc6c7ccccc7oc6c54)nc4ccccc34)CC2)=C1. The van der Waals surface area contributed by atoms with E-state index in [1.165, 1.54) is 16.7 Å². The summed E-state index contributed by atoms with van der Waals surface area (Å²) in [5.74, 6) is 0.665. The zero-order valence-electron chi connectivity index (χ0n) is 23.0. The fourth-order valence-electron chi connectivity index (χ4n) is 6.82. The number of furan rings is 1. The average Bonchev–Trinajstić information content (AvgIpc) is 3.61. The van der Waals surface area contributed by atoms with Crippen molar-refractivity contribution in [3.05, 3.63) is 132 Å². The Hall–Kier alpha value is -5.22. The normalized spacial score (nSPS) is 15.6. The van der Waals surface area contributed by atoms with E-state index in [-0.39, 0.29) is 0 Å². The van der Waals surface area contributed by atoms with Crippen molar-refractivity contribution in [2.75, 3.05) is 0 Å². The van der Waals surface area contributed by atoms with Gasteiger partial charge in [0.25, 0.3) is 0 Å². The molecule has 4 aromatic carbocycles. The van der Waals surface area contributed by atoms with Crippen LogP contribution in [0.15, 0.2) is 131 Å². The minimum atomic E-state index is 0.665. The van der Waals surface area contributed by atoms with Gasteiger partial charge in [-0.1, -0.05) is 91.0 Å². The lowest BCUT2D eigenvalue weighted by Crippen LogP contribution is -2.06. The molecule has 0 N–H and O–H groups in total. The first-order valence-corrected chi connectivity index (χ1v) is 14.7. The minimum Gasteiger partial charge on any atom is -0.454 e. The molecule has 2 aliphatic rings. The van der Waals surface area contributed by atoms with Gasteiger partial charge in [0.15, 0.2) is 5.58 Å². The zero-order valence-corrected chi connectivity index (χ0v) is 23.0.